The van der Waals surface area contributed by atoms with Crippen LogP contribution in [-0.4, -0.2) is 38.2 Å². The number of pyridine rings is 1. The molecule has 0 aliphatic rings. The molecule has 2 N–H and O–H groups in total. The van der Waals surface area contributed by atoms with Crippen molar-refractivity contribution in [2.75, 3.05) is 32.6 Å². The van der Waals surface area contributed by atoms with Crippen LogP contribution in [0.15, 0.2) is 30.5 Å². The van der Waals surface area contributed by atoms with Gasteiger partial charge in [-0.2, -0.15) is 5.26 Å². The summed E-state index contributed by atoms with van der Waals surface area (Å²) in [5.41, 5.74) is 1.81. The molecule has 0 bridgehead atoms. The van der Waals surface area contributed by atoms with Gasteiger partial charge in [0.25, 0.3) is 5.91 Å². The van der Waals surface area contributed by atoms with E-state index in [1.165, 1.54) is 6.20 Å². The van der Waals surface area contributed by atoms with Crippen LogP contribution in [0.25, 0.3) is 0 Å². The topological polar surface area (TPSA) is 96.3 Å². The molecule has 1 aromatic heterocycles. The molecule has 25 heavy (non-hydrogen) atoms. The van der Waals surface area contributed by atoms with Crippen molar-refractivity contribution in [2.45, 2.75) is 6.92 Å². The largest absolute Gasteiger partial charge is 0.496 e. The number of ether oxygens (including phenoxy) is 2. The summed E-state index contributed by atoms with van der Waals surface area (Å²) < 4.78 is 10.6. The number of carbonyl (C=O) groups is 1. The monoisotopic (exact) mass is 340 g/mol. The molecule has 1 heterocycles. The van der Waals surface area contributed by atoms with Crippen LogP contribution in [0.4, 0.5) is 5.82 Å². The highest BCUT2D eigenvalue weighted by atomic mass is 16.5. The molecule has 1 aromatic carbocycles. The zero-order chi connectivity index (χ0) is 18.2. The van der Waals surface area contributed by atoms with Crippen molar-refractivity contribution in [1.29, 1.82) is 5.26 Å². The molecule has 0 atom stereocenters. The number of nitriles is 1. The summed E-state index contributed by atoms with van der Waals surface area (Å²) in [7, 11) is 3.11. The molecule has 0 aliphatic heterocycles. The molecule has 7 heteroatoms. The van der Waals surface area contributed by atoms with E-state index in [1.807, 2.05) is 13.0 Å². The fraction of sp³-hybridized carbons (Fsp3) is 0.278. The first kappa shape index (κ1) is 18.1. The summed E-state index contributed by atoms with van der Waals surface area (Å²) in [5, 5.41) is 14.6. The molecule has 2 rings (SSSR count). The molecule has 1 amide bonds. The summed E-state index contributed by atoms with van der Waals surface area (Å²) in [6.45, 7) is 2.79. The van der Waals surface area contributed by atoms with Crippen LogP contribution in [-0.2, 0) is 0 Å². The Kier molecular flexibility index (Phi) is 6.18. The van der Waals surface area contributed by atoms with Crippen molar-refractivity contribution in [3.05, 3.63) is 47.2 Å². The zero-order valence-electron chi connectivity index (χ0n) is 14.4. The van der Waals surface area contributed by atoms with Gasteiger partial charge in [0.15, 0.2) is 0 Å². The van der Waals surface area contributed by atoms with Gasteiger partial charge in [0, 0.05) is 30.4 Å². The van der Waals surface area contributed by atoms with Crippen LogP contribution < -0.4 is 20.1 Å². The highest BCUT2D eigenvalue weighted by Gasteiger charge is 2.13. The van der Waals surface area contributed by atoms with Crippen LogP contribution in [0.1, 0.15) is 21.5 Å². The van der Waals surface area contributed by atoms with E-state index < -0.39 is 0 Å². The van der Waals surface area contributed by atoms with Gasteiger partial charge in [0.05, 0.1) is 19.8 Å². The Balaban J connectivity index is 1.90. The average molecular weight is 340 g/mol. The van der Waals surface area contributed by atoms with Crippen LogP contribution in [0, 0.1) is 18.3 Å². The second-order valence-corrected chi connectivity index (χ2v) is 5.23. The van der Waals surface area contributed by atoms with E-state index in [-0.39, 0.29) is 5.91 Å². The minimum absolute atomic E-state index is 0.216. The van der Waals surface area contributed by atoms with Gasteiger partial charge in [-0.15, -0.1) is 0 Å². The maximum atomic E-state index is 12.3. The van der Waals surface area contributed by atoms with Gasteiger partial charge >= 0.3 is 0 Å². The molecular formula is C18H20N4O3. The first-order valence-electron chi connectivity index (χ1n) is 7.70. The molecule has 0 fully saturated rings. The fourth-order valence-corrected chi connectivity index (χ4v) is 2.25. The summed E-state index contributed by atoms with van der Waals surface area (Å²) in [4.78, 5) is 16.4. The second kappa shape index (κ2) is 8.55. The Bertz CT molecular complexity index is 757. The molecule has 130 valence electrons. The van der Waals surface area contributed by atoms with Crippen molar-refractivity contribution in [3.8, 4) is 17.6 Å². The molecule has 0 saturated carbocycles. The zero-order valence-corrected chi connectivity index (χ0v) is 14.4. The Hall–Kier alpha value is -3.27. The Morgan fingerprint density at radius 3 is 2.40 bits per heavy atom. The van der Waals surface area contributed by atoms with Crippen molar-refractivity contribution < 1.29 is 14.3 Å². The highest BCUT2D eigenvalue weighted by Crippen LogP contribution is 2.29. The first-order chi connectivity index (χ1) is 12.1. The number of nitrogens with one attached hydrogen (secondary N) is 2. The SMILES string of the molecule is COc1cc(C(=O)NCCNc2ccc(C#N)cn2)cc(OC)c1C. The number of anilines is 1. The minimum atomic E-state index is -0.216. The Morgan fingerprint density at radius 1 is 1.20 bits per heavy atom. The van der Waals surface area contributed by atoms with Crippen LogP contribution in [0.2, 0.25) is 0 Å². The molecule has 0 saturated heterocycles. The molecule has 0 aliphatic carbocycles. The molecule has 0 spiro atoms. The van der Waals surface area contributed by atoms with Crippen LogP contribution in [0.5, 0.6) is 11.5 Å². The van der Waals surface area contributed by atoms with Gasteiger partial charge in [-0.25, -0.2) is 4.98 Å². The van der Waals surface area contributed by atoms with E-state index in [9.17, 15) is 4.79 Å². The Labute approximate surface area is 146 Å². The quantitative estimate of drug-likeness (QED) is 0.750. The van der Waals surface area contributed by atoms with Crippen molar-refractivity contribution >= 4 is 11.7 Å². The van der Waals surface area contributed by atoms with Crippen molar-refractivity contribution in [3.63, 3.8) is 0 Å². The summed E-state index contributed by atoms with van der Waals surface area (Å²) in [6, 6.07) is 8.77. The van der Waals surface area contributed by atoms with Gasteiger partial charge in [0.1, 0.15) is 23.4 Å². The minimum Gasteiger partial charge on any atom is -0.496 e. The molecular weight excluding hydrogens is 320 g/mol. The van der Waals surface area contributed by atoms with E-state index in [1.54, 1.807) is 38.5 Å². The normalized spacial score (nSPS) is 9.84. The van der Waals surface area contributed by atoms with Gasteiger partial charge in [-0.05, 0) is 31.2 Å². The second-order valence-electron chi connectivity index (χ2n) is 5.23. The smallest absolute Gasteiger partial charge is 0.251 e. The Morgan fingerprint density at radius 2 is 1.88 bits per heavy atom. The molecule has 7 nitrogen and oxygen atoms in total. The van der Waals surface area contributed by atoms with E-state index in [2.05, 4.69) is 15.6 Å². The van der Waals surface area contributed by atoms with Gasteiger partial charge < -0.3 is 20.1 Å². The fourth-order valence-electron chi connectivity index (χ4n) is 2.25. The predicted octanol–water partition coefficient (Wildman–Crippen LogP) is 2.12. The lowest BCUT2D eigenvalue weighted by Crippen LogP contribution is -2.29. The number of nitrogens with zero attached hydrogens (tertiary/aromatic N) is 2. The van der Waals surface area contributed by atoms with E-state index in [4.69, 9.17) is 14.7 Å². The number of hydrogen-bond donors (Lipinski definition) is 2. The molecule has 2 aromatic rings. The third kappa shape index (κ3) is 4.61. The number of benzene rings is 1. The lowest BCUT2D eigenvalue weighted by atomic mass is 10.1. The number of amides is 1. The van der Waals surface area contributed by atoms with Crippen LogP contribution >= 0.6 is 0 Å². The maximum absolute atomic E-state index is 12.3. The standard InChI is InChI=1S/C18H20N4O3/c1-12-15(24-2)8-14(9-16(12)25-3)18(23)21-7-6-20-17-5-4-13(10-19)11-22-17/h4-5,8-9,11H,6-7H2,1-3H3,(H,20,22)(H,21,23). The van der Waals surface area contributed by atoms with E-state index in [0.717, 1.165) is 5.56 Å². The lowest BCUT2D eigenvalue weighted by Gasteiger charge is -2.13. The average Bonchev–Trinajstić information content (AvgIpc) is 2.65. The van der Waals surface area contributed by atoms with E-state index >= 15 is 0 Å². The summed E-state index contributed by atoms with van der Waals surface area (Å²) >= 11 is 0. The predicted molar refractivity (Wildman–Crippen MR) is 94.1 cm³/mol. The number of methoxy groups -OCH3 is 2. The third-order valence-electron chi connectivity index (χ3n) is 3.62. The van der Waals surface area contributed by atoms with E-state index in [0.29, 0.717) is 41.5 Å². The lowest BCUT2D eigenvalue weighted by molar-refractivity contribution is 0.0954. The summed E-state index contributed by atoms with van der Waals surface area (Å²) in [6.07, 6.45) is 1.49. The molecule has 0 unspecified atom stereocenters. The van der Waals surface area contributed by atoms with Gasteiger partial charge in [-0.1, -0.05) is 0 Å². The number of aromatic nitrogens is 1. The van der Waals surface area contributed by atoms with Gasteiger partial charge in [0.2, 0.25) is 0 Å². The van der Waals surface area contributed by atoms with Crippen molar-refractivity contribution in [1.82, 2.24) is 10.3 Å². The highest BCUT2D eigenvalue weighted by molar-refractivity contribution is 5.95. The third-order valence-corrected chi connectivity index (χ3v) is 3.62. The van der Waals surface area contributed by atoms with Crippen LogP contribution in [0.3, 0.4) is 0 Å². The van der Waals surface area contributed by atoms with Gasteiger partial charge in [-0.3, -0.25) is 4.79 Å². The number of hydrogen-bond acceptors (Lipinski definition) is 6. The summed E-state index contributed by atoms with van der Waals surface area (Å²) in [5.74, 6) is 1.63. The number of rotatable bonds is 7. The number of carbonyl (C=O) groups excluding carboxylic acids is 1. The maximum Gasteiger partial charge on any atom is 0.251 e. The molecule has 0 radical (unpaired) electrons. The van der Waals surface area contributed by atoms with Crippen molar-refractivity contribution in [2.24, 2.45) is 0 Å². The first-order valence-corrected chi connectivity index (χ1v) is 7.70.